The van der Waals surface area contributed by atoms with Crippen LogP contribution >= 0.6 is 0 Å². The monoisotopic (exact) mass is 373 g/mol. The van der Waals surface area contributed by atoms with Crippen LogP contribution in [0.15, 0.2) is 29.2 Å². The first-order valence-electron chi connectivity index (χ1n) is 8.14. The standard InChI is InChI=1S/C17H27NO4S2/c1-12(2)13-6-8-14(9-7-13)24(21,22)16-11-23(19,20)10-15(16)18-17(3,4)5/h6-9,12,15-16,18H,10-11H2,1-5H3/t15-,16-/m0/s1. The molecule has 24 heavy (non-hydrogen) atoms. The Bertz CT molecular complexity index is 788. The fraction of sp³-hybridized carbons (Fsp3) is 0.647. The number of hydrogen-bond acceptors (Lipinski definition) is 5. The molecule has 136 valence electrons. The van der Waals surface area contributed by atoms with Gasteiger partial charge in [0, 0.05) is 11.6 Å². The Morgan fingerprint density at radius 3 is 2.08 bits per heavy atom. The zero-order chi connectivity index (χ0) is 18.3. The van der Waals surface area contributed by atoms with Gasteiger partial charge >= 0.3 is 0 Å². The maximum absolute atomic E-state index is 13.0. The molecule has 1 aromatic carbocycles. The summed E-state index contributed by atoms with van der Waals surface area (Å²) in [5.74, 6) is -0.156. The highest BCUT2D eigenvalue weighted by molar-refractivity contribution is 7.96. The Morgan fingerprint density at radius 2 is 1.62 bits per heavy atom. The van der Waals surface area contributed by atoms with Gasteiger partial charge in [0.1, 0.15) is 0 Å². The Balaban J connectivity index is 2.38. The van der Waals surface area contributed by atoms with E-state index in [1.165, 1.54) is 0 Å². The van der Waals surface area contributed by atoms with E-state index in [-0.39, 0.29) is 21.9 Å². The minimum absolute atomic E-state index is 0.141. The van der Waals surface area contributed by atoms with Gasteiger partial charge in [-0.15, -0.1) is 0 Å². The second kappa shape index (κ2) is 6.42. The SMILES string of the molecule is CC(C)c1ccc(S(=O)(=O)[C@H]2CS(=O)(=O)C[C@@H]2NC(C)(C)C)cc1. The third kappa shape index (κ3) is 4.37. The minimum atomic E-state index is -3.72. The summed E-state index contributed by atoms with van der Waals surface area (Å²) in [5, 5.41) is 2.22. The van der Waals surface area contributed by atoms with Gasteiger partial charge in [0.05, 0.1) is 21.7 Å². The van der Waals surface area contributed by atoms with Crippen LogP contribution in [0.2, 0.25) is 0 Å². The molecule has 1 aliphatic heterocycles. The average Bonchev–Trinajstić information content (AvgIpc) is 2.72. The smallest absolute Gasteiger partial charge is 0.183 e. The van der Waals surface area contributed by atoms with Gasteiger partial charge in [0.2, 0.25) is 0 Å². The largest absolute Gasteiger partial charge is 0.307 e. The van der Waals surface area contributed by atoms with Crippen LogP contribution in [0.3, 0.4) is 0 Å². The Morgan fingerprint density at radius 1 is 1.08 bits per heavy atom. The molecule has 2 atom stereocenters. The summed E-state index contributed by atoms with van der Waals surface area (Å²) < 4.78 is 50.1. The molecular formula is C17H27NO4S2. The highest BCUT2D eigenvalue weighted by Gasteiger charge is 2.46. The molecule has 0 aromatic heterocycles. The summed E-state index contributed by atoms with van der Waals surface area (Å²) in [6.07, 6.45) is 0. The first-order valence-corrected chi connectivity index (χ1v) is 11.5. The quantitative estimate of drug-likeness (QED) is 0.874. The van der Waals surface area contributed by atoms with Crippen LogP contribution in [-0.4, -0.2) is 45.2 Å². The molecule has 5 nitrogen and oxygen atoms in total. The van der Waals surface area contributed by atoms with Crippen molar-refractivity contribution < 1.29 is 16.8 Å². The molecule has 0 amide bonds. The van der Waals surface area contributed by atoms with Crippen LogP contribution < -0.4 is 5.32 Å². The second-order valence-corrected chi connectivity index (χ2v) is 12.2. The van der Waals surface area contributed by atoms with Crippen molar-refractivity contribution in [2.24, 2.45) is 0 Å². The Labute approximate surface area is 145 Å². The molecule has 1 aromatic rings. The first-order chi connectivity index (χ1) is 10.8. The third-order valence-electron chi connectivity index (χ3n) is 4.19. The van der Waals surface area contributed by atoms with Crippen molar-refractivity contribution in [1.29, 1.82) is 0 Å². The number of sulfone groups is 2. The molecule has 1 fully saturated rings. The molecule has 1 N–H and O–H groups in total. The van der Waals surface area contributed by atoms with Crippen molar-refractivity contribution in [3.8, 4) is 0 Å². The maximum Gasteiger partial charge on any atom is 0.183 e. The van der Waals surface area contributed by atoms with Crippen molar-refractivity contribution in [1.82, 2.24) is 5.32 Å². The lowest BCUT2D eigenvalue weighted by Crippen LogP contribution is -2.51. The van der Waals surface area contributed by atoms with Gasteiger partial charge in [-0.25, -0.2) is 16.8 Å². The van der Waals surface area contributed by atoms with Crippen LogP contribution in [0.4, 0.5) is 0 Å². The van der Waals surface area contributed by atoms with Crippen molar-refractivity contribution in [3.05, 3.63) is 29.8 Å². The van der Waals surface area contributed by atoms with E-state index < -0.39 is 31.0 Å². The van der Waals surface area contributed by atoms with E-state index in [0.717, 1.165) is 5.56 Å². The normalized spacial score (nSPS) is 24.4. The van der Waals surface area contributed by atoms with E-state index in [1.807, 2.05) is 34.6 Å². The van der Waals surface area contributed by atoms with E-state index in [1.54, 1.807) is 24.3 Å². The van der Waals surface area contributed by atoms with Gasteiger partial charge in [-0.05, 0) is 44.4 Å². The highest BCUT2D eigenvalue weighted by atomic mass is 32.2. The Kier molecular flexibility index (Phi) is 5.19. The topological polar surface area (TPSA) is 80.3 Å². The third-order valence-corrected chi connectivity index (χ3v) is 8.36. The van der Waals surface area contributed by atoms with Crippen molar-refractivity contribution in [2.45, 2.75) is 62.3 Å². The van der Waals surface area contributed by atoms with E-state index in [2.05, 4.69) is 5.32 Å². The molecule has 0 radical (unpaired) electrons. The second-order valence-electron chi connectivity index (χ2n) is 7.88. The van der Waals surface area contributed by atoms with Crippen LogP contribution in [0.5, 0.6) is 0 Å². The molecule has 0 spiro atoms. The van der Waals surface area contributed by atoms with Gasteiger partial charge in [-0.3, -0.25) is 0 Å². The maximum atomic E-state index is 13.0. The molecular weight excluding hydrogens is 346 g/mol. The van der Waals surface area contributed by atoms with Gasteiger partial charge < -0.3 is 5.32 Å². The minimum Gasteiger partial charge on any atom is -0.307 e. The average molecular weight is 374 g/mol. The van der Waals surface area contributed by atoms with Crippen molar-refractivity contribution in [3.63, 3.8) is 0 Å². The summed E-state index contributed by atoms with van der Waals surface area (Å²) in [4.78, 5) is 0.190. The molecule has 7 heteroatoms. The molecule has 0 unspecified atom stereocenters. The van der Waals surface area contributed by atoms with E-state index >= 15 is 0 Å². The van der Waals surface area contributed by atoms with Gasteiger partial charge in [-0.1, -0.05) is 26.0 Å². The lowest BCUT2D eigenvalue weighted by molar-refractivity contribution is 0.375. The predicted molar refractivity (Wildman–Crippen MR) is 96.8 cm³/mol. The van der Waals surface area contributed by atoms with E-state index in [0.29, 0.717) is 5.92 Å². The van der Waals surface area contributed by atoms with Gasteiger partial charge in [-0.2, -0.15) is 0 Å². The predicted octanol–water partition coefficient (Wildman–Crippen LogP) is 2.14. The molecule has 2 rings (SSSR count). The van der Waals surface area contributed by atoms with E-state index in [4.69, 9.17) is 0 Å². The first kappa shape index (κ1) is 19.4. The number of nitrogens with one attached hydrogen (secondary N) is 1. The van der Waals surface area contributed by atoms with Crippen molar-refractivity contribution >= 4 is 19.7 Å². The summed E-state index contributed by atoms with van der Waals surface area (Å²) in [6.45, 7) is 9.78. The fourth-order valence-corrected chi connectivity index (χ4v) is 7.68. The van der Waals surface area contributed by atoms with Gasteiger partial charge in [0.15, 0.2) is 19.7 Å². The number of hydrogen-bond donors (Lipinski definition) is 1. The van der Waals surface area contributed by atoms with Crippen LogP contribution in [-0.2, 0) is 19.7 Å². The lowest BCUT2D eigenvalue weighted by atomic mass is 10.0. The Hall–Kier alpha value is -0.920. The fourth-order valence-electron chi connectivity index (χ4n) is 3.03. The lowest BCUT2D eigenvalue weighted by Gasteiger charge is -2.28. The molecule has 1 heterocycles. The summed E-state index contributed by atoms with van der Waals surface area (Å²) in [5.41, 5.74) is 0.692. The molecule has 0 aliphatic carbocycles. The van der Waals surface area contributed by atoms with E-state index in [9.17, 15) is 16.8 Å². The molecule has 1 saturated heterocycles. The zero-order valence-electron chi connectivity index (χ0n) is 14.9. The molecule has 1 aliphatic rings. The van der Waals surface area contributed by atoms with Crippen LogP contribution in [0.1, 0.15) is 46.1 Å². The summed E-state index contributed by atoms with van der Waals surface area (Å²) >= 11 is 0. The molecule has 0 saturated carbocycles. The summed E-state index contributed by atoms with van der Waals surface area (Å²) in [6, 6.07) is 6.18. The molecule has 0 bridgehead atoms. The summed E-state index contributed by atoms with van der Waals surface area (Å²) in [7, 11) is -7.09. The van der Waals surface area contributed by atoms with Crippen LogP contribution in [0.25, 0.3) is 0 Å². The number of rotatable bonds is 4. The van der Waals surface area contributed by atoms with Crippen LogP contribution in [0, 0.1) is 0 Å². The van der Waals surface area contributed by atoms with Gasteiger partial charge in [0.25, 0.3) is 0 Å². The number of benzene rings is 1. The zero-order valence-corrected chi connectivity index (χ0v) is 16.5. The van der Waals surface area contributed by atoms with Crippen molar-refractivity contribution in [2.75, 3.05) is 11.5 Å². The highest BCUT2D eigenvalue weighted by Crippen LogP contribution is 2.28.